The van der Waals surface area contributed by atoms with Gasteiger partial charge in [0.25, 0.3) is 0 Å². The van der Waals surface area contributed by atoms with Crippen LogP contribution in [-0.4, -0.2) is 23.0 Å². The standard InChI is InChI=1S/C17H18BrN3O2S/c18-13-7-8-14-16(12-13)24-15-6-5-9-19-17(15)20(14)10-3-1-2-4-11-21(22)23/h5-9,12H,1-4,10-11H2. The minimum Gasteiger partial charge on any atom is -0.324 e. The predicted molar refractivity (Wildman–Crippen MR) is 99.8 cm³/mol. The van der Waals surface area contributed by atoms with Gasteiger partial charge in [-0.15, -0.1) is 0 Å². The van der Waals surface area contributed by atoms with Crippen molar-refractivity contribution >= 4 is 39.2 Å². The Labute approximate surface area is 153 Å². The molecule has 0 fully saturated rings. The predicted octanol–water partition coefficient (Wildman–Crippen LogP) is 5.28. The fourth-order valence-corrected chi connectivity index (χ4v) is 4.40. The van der Waals surface area contributed by atoms with Gasteiger partial charge in [-0.3, -0.25) is 10.1 Å². The number of hydrogen-bond acceptors (Lipinski definition) is 5. The molecule has 0 saturated carbocycles. The molecule has 2 heterocycles. The minimum atomic E-state index is -0.240. The highest BCUT2D eigenvalue weighted by Gasteiger charge is 2.24. The summed E-state index contributed by atoms with van der Waals surface area (Å²) in [7, 11) is 0. The van der Waals surface area contributed by atoms with Crippen LogP contribution in [0.4, 0.5) is 11.5 Å². The first kappa shape index (κ1) is 17.2. The number of nitro groups is 1. The molecule has 7 heteroatoms. The average molecular weight is 408 g/mol. The van der Waals surface area contributed by atoms with Gasteiger partial charge in [-0.1, -0.05) is 34.1 Å². The molecule has 2 aromatic rings. The van der Waals surface area contributed by atoms with E-state index < -0.39 is 0 Å². The van der Waals surface area contributed by atoms with E-state index in [1.165, 1.54) is 10.6 Å². The zero-order valence-electron chi connectivity index (χ0n) is 13.2. The van der Waals surface area contributed by atoms with Crippen molar-refractivity contribution in [1.82, 2.24) is 4.98 Å². The molecule has 0 aliphatic carbocycles. The summed E-state index contributed by atoms with van der Waals surface area (Å²) >= 11 is 5.28. The highest BCUT2D eigenvalue weighted by atomic mass is 79.9. The maximum atomic E-state index is 10.4. The number of halogens is 1. The average Bonchev–Trinajstić information content (AvgIpc) is 2.56. The van der Waals surface area contributed by atoms with Crippen molar-refractivity contribution in [3.05, 3.63) is 51.1 Å². The van der Waals surface area contributed by atoms with Crippen LogP contribution in [0.1, 0.15) is 25.7 Å². The maximum Gasteiger partial charge on any atom is 0.203 e. The van der Waals surface area contributed by atoms with E-state index in [2.05, 4.69) is 50.1 Å². The number of rotatable bonds is 7. The van der Waals surface area contributed by atoms with Gasteiger partial charge in [0, 0.05) is 33.5 Å². The van der Waals surface area contributed by atoms with Crippen molar-refractivity contribution < 1.29 is 4.92 Å². The summed E-state index contributed by atoms with van der Waals surface area (Å²) in [6.07, 6.45) is 5.36. The quantitative estimate of drug-likeness (QED) is 0.354. The maximum absolute atomic E-state index is 10.4. The number of aromatic nitrogens is 1. The second kappa shape index (κ2) is 7.98. The molecular formula is C17H18BrN3O2S. The topological polar surface area (TPSA) is 59.3 Å². The van der Waals surface area contributed by atoms with Crippen LogP contribution in [-0.2, 0) is 0 Å². The highest BCUT2D eigenvalue weighted by molar-refractivity contribution is 9.10. The molecule has 0 N–H and O–H groups in total. The third kappa shape index (κ3) is 4.08. The molecule has 0 atom stereocenters. The molecule has 0 unspecified atom stereocenters. The summed E-state index contributed by atoms with van der Waals surface area (Å²) in [6.45, 7) is 0.944. The molecule has 5 nitrogen and oxygen atoms in total. The lowest BCUT2D eigenvalue weighted by Crippen LogP contribution is -2.23. The van der Waals surface area contributed by atoms with Crippen LogP contribution in [0.15, 0.2) is 50.8 Å². The Balaban J connectivity index is 1.69. The molecule has 1 aromatic carbocycles. The third-order valence-corrected chi connectivity index (χ3v) is 5.49. The fourth-order valence-electron chi connectivity index (χ4n) is 2.78. The van der Waals surface area contributed by atoms with Crippen LogP contribution in [0.2, 0.25) is 0 Å². The zero-order chi connectivity index (χ0) is 16.9. The highest BCUT2D eigenvalue weighted by Crippen LogP contribution is 2.47. The van der Waals surface area contributed by atoms with Crippen LogP contribution in [0.25, 0.3) is 0 Å². The lowest BCUT2D eigenvalue weighted by molar-refractivity contribution is -0.480. The summed E-state index contributed by atoms with van der Waals surface area (Å²) in [6, 6.07) is 10.4. The molecule has 1 aromatic heterocycles. The lowest BCUT2D eigenvalue weighted by Gasteiger charge is -2.31. The summed E-state index contributed by atoms with van der Waals surface area (Å²) in [4.78, 5) is 19.3. The number of hydrogen-bond donors (Lipinski definition) is 0. The van der Waals surface area contributed by atoms with Crippen molar-refractivity contribution in [2.75, 3.05) is 18.0 Å². The molecule has 0 amide bonds. The number of anilines is 2. The zero-order valence-corrected chi connectivity index (χ0v) is 15.6. The molecule has 1 aliphatic rings. The number of unbranched alkanes of at least 4 members (excludes halogenated alkanes) is 3. The van der Waals surface area contributed by atoms with Crippen LogP contribution in [0, 0.1) is 10.1 Å². The second-order valence-corrected chi connectivity index (χ2v) is 7.66. The van der Waals surface area contributed by atoms with E-state index in [1.807, 2.05) is 12.3 Å². The molecule has 3 rings (SSSR count). The van der Waals surface area contributed by atoms with Crippen LogP contribution in [0.5, 0.6) is 0 Å². The summed E-state index contributed by atoms with van der Waals surface area (Å²) < 4.78 is 1.07. The van der Waals surface area contributed by atoms with E-state index in [1.54, 1.807) is 11.8 Å². The molecule has 0 saturated heterocycles. The van der Waals surface area contributed by atoms with Crippen LogP contribution in [0.3, 0.4) is 0 Å². The summed E-state index contributed by atoms with van der Waals surface area (Å²) in [5.74, 6) is 1.00. The normalized spacial score (nSPS) is 12.6. The molecule has 0 spiro atoms. The van der Waals surface area contributed by atoms with Gasteiger partial charge in [-0.2, -0.15) is 0 Å². The van der Waals surface area contributed by atoms with Gasteiger partial charge in [-0.25, -0.2) is 4.98 Å². The van der Waals surface area contributed by atoms with E-state index in [0.29, 0.717) is 6.42 Å². The minimum absolute atomic E-state index is 0.0710. The molecule has 1 aliphatic heterocycles. The lowest BCUT2D eigenvalue weighted by atomic mass is 10.1. The van der Waals surface area contributed by atoms with Gasteiger partial charge in [0.15, 0.2) is 0 Å². The number of fused-ring (bicyclic) bond motifs is 2. The van der Waals surface area contributed by atoms with E-state index >= 15 is 0 Å². The number of nitrogens with zero attached hydrogens (tertiary/aromatic N) is 3. The first-order valence-electron chi connectivity index (χ1n) is 7.97. The van der Waals surface area contributed by atoms with Crippen molar-refractivity contribution in [2.45, 2.75) is 35.5 Å². The van der Waals surface area contributed by atoms with Gasteiger partial charge >= 0.3 is 0 Å². The van der Waals surface area contributed by atoms with E-state index in [-0.39, 0.29) is 11.5 Å². The molecule has 24 heavy (non-hydrogen) atoms. The Bertz CT molecular complexity index is 742. The Hall–Kier alpha value is -1.60. The van der Waals surface area contributed by atoms with Crippen molar-refractivity contribution in [2.24, 2.45) is 0 Å². The van der Waals surface area contributed by atoms with Crippen LogP contribution >= 0.6 is 27.7 Å². The first-order chi connectivity index (χ1) is 11.6. The molecular weight excluding hydrogens is 390 g/mol. The van der Waals surface area contributed by atoms with Gasteiger partial charge in [0.05, 0.1) is 10.6 Å². The van der Waals surface area contributed by atoms with Gasteiger partial charge in [0.2, 0.25) is 6.54 Å². The summed E-state index contributed by atoms with van der Waals surface area (Å²) in [5, 5.41) is 10.4. The number of benzene rings is 1. The monoisotopic (exact) mass is 407 g/mol. The Morgan fingerprint density at radius 3 is 2.83 bits per heavy atom. The van der Waals surface area contributed by atoms with Crippen molar-refractivity contribution in [3.63, 3.8) is 0 Å². The van der Waals surface area contributed by atoms with E-state index in [4.69, 9.17) is 0 Å². The summed E-state index contributed by atoms with van der Waals surface area (Å²) in [5.41, 5.74) is 1.18. The Morgan fingerprint density at radius 2 is 2.00 bits per heavy atom. The largest absolute Gasteiger partial charge is 0.324 e. The van der Waals surface area contributed by atoms with Gasteiger partial charge in [0.1, 0.15) is 5.82 Å². The van der Waals surface area contributed by atoms with Crippen molar-refractivity contribution in [3.8, 4) is 0 Å². The molecule has 0 radical (unpaired) electrons. The SMILES string of the molecule is O=[N+]([O-])CCCCCCN1c2ccc(Br)cc2Sc2cccnc21. The Kier molecular flexibility index (Phi) is 5.73. The Morgan fingerprint density at radius 1 is 1.17 bits per heavy atom. The van der Waals surface area contributed by atoms with Gasteiger partial charge < -0.3 is 4.90 Å². The molecule has 126 valence electrons. The van der Waals surface area contributed by atoms with Crippen molar-refractivity contribution in [1.29, 1.82) is 0 Å². The van der Waals surface area contributed by atoms with E-state index in [0.717, 1.165) is 41.0 Å². The van der Waals surface area contributed by atoms with Crippen LogP contribution < -0.4 is 4.90 Å². The number of pyridine rings is 1. The second-order valence-electron chi connectivity index (χ2n) is 5.66. The van der Waals surface area contributed by atoms with E-state index in [9.17, 15) is 10.1 Å². The fraction of sp³-hybridized carbons (Fsp3) is 0.353. The van der Waals surface area contributed by atoms with Gasteiger partial charge in [-0.05, 0) is 43.2 Å². The first-order valence-corrected chi connectivity index (χ1v) is 9.58. The smallest absolute Gasteiger partial charge is 0.203 e. The third-order valence-electron chi connectivity index (χ3n) is 3.91. The molecule has 0 bridgehead atoms.